The first-order valence-corrected chi connectivity index (χ1v) is 5.22. The van der Waals surface area contributed by atoms with Gasteiger partial charge in [0.1, 0.15) is 0 Å². The summed E-state index contributed by atoms with van der Waals surface area (Å²) in [6.45, 7) is 3.04. The van der Waals surface area contributed by atoms with Crippen molar-refractivity contribution in [2.75, 3.05) is 13.2 Å². The Morgan fingerprint density at radius 2 is 2.31 bits per heavy atom. The Labute approximate surface area is 79.8 Å². The maximum atomic E-state index is 11.1. The van der Waals surface area contributed by atoms with Gasteiger partial charge in [-0.25, -0.2) is 0 Å². The van der Waals surface area contributed by atoms with Crippen LogP contribution in [0.15, 0.2) is 0 Å². The second kappa shape index (κ2) is 5.97. The molecule has 76 valence electrons. The molecule has 0 aromatic heterocycles. The molecule has 1 N–H and O–H groups in total. The van der Waals surface area contributed by atoms with Gasteiger partial charge in [-0.3, -0.25) is 4.79 Å². The van der Waals surface area contributed by atoms with E-state index in [0.29, 0.717) is 19.2 Å². The second-order valence-electron chi connectivity index (χ2n) is 3.58. The topological polar surface area (TPSA) is 38.3 Å². The minimum atomic E-state index is -0.111. The van der Waals surface area contributed by atoms with Gasteiger partial charge in [0.15, 0.2) is 0 Å². The first-order chi connectivity index (χ1) is 6.33. The van der Waals surface area contributed by atoms with Crippen molar-refractivity contribution in [1.82, 2.24) is 5.32 Å². The summed E-state index contributed by atoms with van der Waals surface area (Å²) in [5.41, 5.74) is 0. The van der Waals surface area contributed by atoms with Gasteiger partial charge in [0.2, 0.25) is 0 Å². The van der Waals surface area contributed by atoms with E-state index in [1.54, 1.807) is 0 Å². The maximum absolute atomic E-state index is 11.1. The van der Waals surface area contributed by atoms with Gasteiger partial charge < -0.3 is 10.1 Å². The molecule has 0 aliphatic heterocycles. The molecule has 0 aromatic carbocycles. The van der Waals surface area contributed by atoms with Crippen molar-refractivity contribution in [1.29, 1.82) is 0 Å². The highest BCUT2D eigenvalue weighted by Crippen LogP contribution is 2.17. The third kappa shape index (κ3) is 4.27. The number of rotatable bonds is 6. The molecule has 1 saturated carbocycles. The summed E-state index contributed by atoms with van der Waals surface area (Å²) in [6.07, 6.45) is 5.76. The molecule has 13 heavy (non-hydrogen) atoms. The fourth-order valence-electron chi connectivity index (χ4n) is 1.22. The van der Waals surface area contributed by atoms with Crippen LogP contribution in [0.3, 0.4) is 0 Å². The summed E-state index contributed by atoms with van der Waals surface area (Å²) in [7, 11) is 0. The molecule has 0 atom stereocenters. The first-order valence-electron chi connectivity index (χ1n) is 5.22. The van der Waals surface area contributed by atoms with Crippen LogP contribution in [0.25, 0.3) is 0 Å². The lowest BCUT2D eigenvalue weighted by molar-refractivity contribution is -0.142. The van der Waals surface area contributed by atoms with Crippen LogP contribution in [0.2, 0.25) is 0 Å². The van der Waals surface area contributed by atoms with Gasteiger partial charge in [-0.1, -0.05) is 19.8 Å². The van der Waals surface area contributed by atoms with E-state index >= 15 is 0 Å². The van der Waals surface area contributed by atoms with Gasteiger partial charge in [0.05, 0.1) is 13.2 Å². The van der Waals surface area contributed by atoms with Crippen LogP contribution in [-0.4, -0.2) is 25.2 Å². The van der Waals surface area contributed by atoms with Gasteiger partial charge >= 0.3 is 5.97 Å². The number of unbranched alkanes of at least 4 members (excludes halogenated alkanes) is 1. The highest BCUT2D eigenvalue weighted by atomic mass is 16.5. The quantitative estimate of drug-likeness (QED) is 0.503. The average Bonchev–Trinajstić information content (AvgIpc) is 2.02. The molecule has 0 unspecified atom stereocenters. The predicted molar refractivity (Wildman–Crippen MR) is 51.5 cm³/mol. The standard InChI is InChI=1S/C10H19NO2/c1-2-3-7-13-10(12)8-11-9-5-4-6-9/h9,11H,2-8H2,1H3. The summed E-state index contributed by atoms with van der Waals surface area (Å²) >= 11 is 0. The van der Waals surface area contributed by atoms with Crippen LogP contribution in [0.4, 0.5) is 0 Å². The molecule has 0 radical (unpaired) electrons. The van der Waals surface area contributed by atoms with Gasteiger partial charge in [0.25, 0.3) is 0 Å². The Bertz CT molecular complexity index is 155. The SMILES string of the molecule is CCCCOC(=O)CNC1CCC1. The van der Waals surface area contributed by atoms with E-state index in [-0.39, 0.29) is 5.97 Å². The lowest BCUT2D eigenvalue weighted by Gasteiger charge is -2.25. The molecule has 0 saturated heterocycles. The fourth-order valence-corrected chi connectivity index (χ4v) is 1.22. The van der Waals surface area contributed by atoms with Crippen LogP contribution in [0.1, 0.15) is 39.0 Å². The molecule has 3 nitrogen and oxygen atoms in total. The smallest absolute Gasteiger partial charge is 0.319 e. The zero-order valence-electron chi connectivity index (χ0n) is 8.34. The highest BCUT2D eigenvalue weighted by molar-refractivity contribution is 5.71. The summed E-state index contributed by atoms with van der Waals surface area (Å²) in [6, 6.07) is 0.568. The van der Waals surface area contributed by atoms with Gasteiger partial charge in [-0.2, -0.15) is 0 Å². The van der Waals surface area contributed by atoms with E-state index in [1.165, 1.54) is 19.3 Å². The molecular formula is C10H19NO2. The van der Waals surface area contributed by atoms with E-state index < -0.39 is 0 Å². The van der Waals surface area contributed by atoms with Crippen molar-refractivity contribution >= 4 is 5.97 Å². The van der Waals surface area contributed by atoms with Crippen molar-refractivity contribution in [3.05, 3.63) is 0 Å². The predicted octanol–water partition coefficient (Wildman–Crippen LogP) is 1.47. The van der Waals surface area contributed by atoms with E-state index in [1.807, 2.05) is 0 Å². The second-order valence-corrected chi connectivity index (χ2v) is 3.58. The third-order valence-electron chi connectivity index (χ3n) is 2.40. The van der Waals surface area contributed by atoms with Gasteiger partial charge in [-0.05, 0) is 19.3 Å². The Morgan fingerprint density at radius 1 is 1.54 bits per heavy atom. The minimum absolute atomic E-state index is 0.111. The molecule has 0 bridgehead atoms. The van der Waals surface area contributed by atoms with E-state index in [2.05, 4.69) is 12.2 Å². The number of carbonyl (C=O) groups excluding carboxylic acids is 1. The van der Waals surface area contributed by atoms with E-state index in [4.69, 9.17) is 4.74 Å². The Balaban J connectivity index is 1.90. The Morgan fingerprint density at radius 3 is 2.85 bits per heavy atom. The van der Waals surface area contributed by atoms with Crippen molar-refractivity contribution in [3.63, 3.8) is 0 Å². The van der Waals surface area contributed by atoms with Crippen molar-refractivity contribution in [3.8, 4) is 0 Å². The van der Waals surface area contributed by atoms with Crippen molar-refractivity contribution in [2.24, 2.45) is 0 Å². The molecule has 0 spiro atoms. The summed E-state index contributed by atoms with van der Waals surface area (Å²) < 4.78 is 5.00. The number of esters is 1. The molecule has 1 rings (SSSR count). The minimum Gasteiger partial charge on any atom is -0.465 e. The highest BCUT2D eigenvalue weighted by Gasteiger charge is 2.17. The average molecular weight is 185 g/mol. The number of carbonyl (C=O) groups is 1. The summed E-state index contributed by atoms with van der Waals surface area (Å²) in [5, 5.41) is 3.17. The summed E-state index contributed by atoms with van der Waals surface area (Å²) in [4.78, 5) is 11.1. The van der Waals surface area contributed by atoms with Crippen molar-refractivity contribution in [2.45, 2.75) is 45.1 Å². The zero-order chi connectivity index (χ0) is 9.52. The normalized spacial score (nSPS) is 16.7. The molecule has 0 heterocycles. The number of hydrogen-bond acceptors (Lipinski definition) is 3. The number of hydrogen-bond donors (Lipinski definition) is 1. The van der Waals surface area contributed by atoms with Crippen LogP contribution < -0.4 is 5.32 Å². The largest absolute Gasteiger partial charge is 0.465 e. The lowest BCUT2D eigenvalue weighted by atomic mass is 9.93. The van der Waals surface area contributed by atoms with Crippen LogP contribution in [0.5, 0.6) is 0 Å². The number of ether oxygens (including phenoxy) is 1. The molecule has 1 aliphatic rings. The van der Waals surface area contributed by atoms with E-state index in [0.717, 1.165) is 12.8 Å². The Kier molecular flexibility index (Phi) is 4.83. The molecular weight excluding hydrogens is 166 g/mol. The van der Waals surface area contributed by atoms with Crippen LogP contribution in [0, 0.1) is 0 Å². The Hall–Kier alpha value is -0.570. The first kappa shape index (κ1) is 10.5. The van der Waals surface area contributed by atoms with Crippen molar-refractivity contribution < 1.29 is 9.53 Å². The zero-order valence-corrected chi connectivity index (χ0v) is 8.34. The molecule has 0 aromatic rings. The van der Waals surface area contributed by atoms with Gasteiger partial charge in [0, 0.05) is 6.04 Å². The van der Waals surface area contributed by atoms with Crippen LogP contribution in [-0.2, 0) is 9.53 Å². The monoisotopic (exact) mass is 185 g/mol. The molecule has 1 aliphatic carbocycles. The van der Waals surface area contributed by atoms with E-state index in [9.17, 15) is 4.79 Å². The maximum Gasteiger partial charge on any atom is 0.319 e. The molecule has 1 fully saturated rings. The molecule has 0 amide bonds. The number of nitrogens with one attached hydrogen (secondary N) is 1. The lowest BCUT2D eigenvalue weighted by Crippen LogP contribution is -2.38. The summed E-state index contributed by atoms with van der Waals surface area (Å²) in [5.74, 6) is -0.111. The third-order valence-corrected chi connectivity index (χ3v) is 2.40. The van der Waals surface area contributed by atoms with Gasteiger partial charge in [-0.15, -0.1) is 0 Å². The van der Waals surface area contributed by atoms with Crippen LogP contribution >= 0.6 is 0 Å². The fraction of sp³-hybridized carbons (Fsp3) is 0.900. The molecule has 3 heteroatoms.